The molecule has 1 unspecified atom stereocenters. The fourth-order valence-corrected chi connectivity index (χ4v) is 3.02. The van der Waals surface area contributed by atoms with E-state index < -0.39 is 0 Å². The van der Waals surface area contributed by atoms with Crippen LogP contribution in [0.1, 0.15) is 31.7 Å². The van der Waals surface area contributed by atoms with Gasteiger partial charge in [0.05, 0.1) is 12.6 Å². The van der Waals surface area contributed by atoms with Crippen LogP contribution in [0.3, 0.4) is 0 Å². The van der Waals surface area contributed by atoms with Crippen molar-refractivity contribution in [3.8, 4) is 0 Å². The van der Waals surface area contributed by atoms with Gasteiger partial charge in [0.1, 0.15) is 6.73 Å². The summed E-state index contributed by atoms with van der Waals surface area (Å²) in [5.41, 5.74) is 1.27. The number of rotatable bonds is 5. The highest BCUT2D eigenvalue weighted by atomic mass is 16.5. The maximum absolute atomic E-state index is 12.6. The zero-order valence-electron chi connectivity index (χ0n) is 12.1. The number of ether oxygens (including phenoxy) is 1. The van der Waals surface area contributed by atoms with Crippen molar-refractivity contribution in [1.82, 2.24) is 4.90 Å². The normalized spacial score (nSPS) is 23.9. The van der Waals surface area contributed by atoms with Gasteiger partial charge in [-0.25, -0.2) is 0 Å². The first kappa shape index (κ1) is 13.6. The van der Waals surface area contributed by atoms with Crippen LogP contribution >= 0.6 is 0 Å². The molecule has 20 heavy (non-hydrogen) atoms. The van der Waals surface area contributed by atoms with Crippen molar-refractivity contribution in [1.29, 1.82) is 0 Å². The van der Waals surface area contributed by atoms with Gasteiger partial charge in [0.2, 0.25) is 5.91 Å². The van der Waals surface area contributed by atoms with E-state index in [0.717, 1.165) is 18.8 Å². The number of nitrogens with zero attached hydrogens (tertiary/aromatic N) is 1. The van der Waals surface area contributed by atoms with Gasteiger partial charge in [-0.05, 0) is 24.3 Å². The Bertz CT molecular complexity index is 455. The molecule has 1 aliphatic heterocycles. The molecule has 1 amide bonds. The molecule has 1 aromatic rings. The fraction of sp³-hybridized carbons (Fsp3) is 0.588. The van der Waals surface area contributed by atoms with Crippen LogP contribution < -0.4 is 0 Å². The lowest BCUT2D eigenvalue weighted by atomic mass is 10.0. The van der Waals surface area contributed by atoms with Crippen molar-refractivity contribution < 1.29 is 9.53 Å². The van der Waals surface area contributed by atoms with Crippen LogP contribution in [0.25, 0.3) is 0 Å². The first-order chi connectivity index (χ1) is 9.74. The van der Waals surface area contributed by atoms with E-state index >= 15 is 0 Å². The van der Waals surface area contributed by atoms with Gasteiger partial charge in [-0.15, -0.1) is 0 Å². The molecular formula is C17H23NO2. The van der Waals surface area contributed by atoms with E-state index in [9.17, 15) is 4.79 Å². The summed E-state index contributed by atoms with van der Waals surface area (Å²) in [6, 6.07) is 10.6. The van der Waals surface area contributed by atoms with E-state index in [2.05, 4.69) is 19.1 Å². The molecule has 1 heterocycles. The van der Waals surface area contributed by atoms with Crippen LogP contribution in [0, 0.1) is 11.8 Å². The van der Waals surface area contributed by atoms with E-state index in [0.29, 0.717) is 13.3 Å². The number of hydrogen-bond donors (Lipinski definition) is 0. The molecule has 1 saturated carbocycles. The number of carbonyl (C=O) groups is 1. The summed E-state index contributed by atoms with van der Waals surface area (Å²) in [6.07, 6.45) is 4.55. The minimum Gasteiger partial charge on any atom is -0.359 e. The second kappa shape index (κ2) is 5.96. The predicted molar refractivity (Wildman–Crippen MR) is 78.1 cm³/mol. The molecular weight excluding hydrogens is 250 g/mol. The summed E-state index contributed by atoms with van der Waals surface area (Å²) in [5, 5.41) is 0. The zero-order valence-corrected chi connectivity index (χ0v) is 12.1. The Morgan fingerprint density at radius 2 is 2.10 bits per heavy atom. The van der Waals surface area contributed by atoms with Gasteiger partial charge in [-0.2, -0.15) is 0 Å². The largest absolute Gasteiger partial charge is 0.359 e. The number of hydrogen-bond acceptors (Lipinski definition) is 2. The van der Waals surface area contributed by atoms with Crippen LogP contribution in [0.5, 0.6) is 0 Å². The highest BCUT2D eigenvalue weighted by Gasteiger charge is 2.34. The number of benzene rings is 1. The van der Waals surface area contributed by atoms with Gasteiger partial charge in [0.15, 0.2) is 0 Å². The maximum atomic E-state index is 12.6. The third kappa shape index (κ3) is 3.21. The Morgan fingerprint density at radius 1 is 1.35 bits per heavy atom. The average Bonchev–Trinajstić information content (AvgIpc) is 3.16. The molecule has 3 nitrogen and oxygen atoms in total. The molecule has 0 bridgehead atoms. The fourth-order valence-electron chi connectivity index (χ4n) is 3.02. The van der Waals surface area contributed by atoms with Crippen molar-refractivity contribution >= 4 is 5.91 Å². The molecule has 1 aromatic carbocycles. The minimum absolute atomic E-state index is 0.141. The monoisotopic (exact) mass is 273 g/mol. The van der Waals surface area contributed by atoms with Gasteiger partial charge < -0.3 is 9.64 Å². The van der Waals surface area contributed by atoms with E-state index in [-0.39, 0.29) is 17.9 Å². The lowest BCUT2D eigenvalue weighted by molar-refractivity contribution is -0.137. The number of carbonyl (C=O) groups excluding carboxylic acids is 1. The topological polar surface area (TPSA) is 29.5 Å². The van der Waals surface area contributed by atoms with Crippen molar-refractivity contribution in [3.63, 3.8) is 0 Å². The summed E-state index contributed by atoms with van der Waals surface area (Å²) in [7, 11) is 0. The molecule has 2 aliphatic rings. The summed E-state index contributed by atoms with van der Waals surface area (Å²) in [5.74, 6) is 1.21. The Morgan fingerprint density at radius 3 is 2.80 bits per heavy atom. The van der Waals surface area contributed by atoms with Crippen molar-refractivity contribution in [2.45, 2.75) is 38.6 Å². The van der Waals surface area contributed by atoms with Crippen LogP contribution in [0.2, 0.25) is 0 Å². The second-order valence-electron chi connectivity index (χ2n) is 6.23. The Balaban J connectivity index is 1.61. The quantitative estimate of drug-likeness (QED) is 0.825. The SMILES string of the molecule is CC(CC1CC1)C(=O)N1COC[C@H]1Cc1ccccc1. The predicted octanol–water partition coefficient (Wildman–Crippen LogP) is 2.85. The summed E-state index contributed by atoms with van der Waals surface area (Å²) >= 11 is 0. The summed E-state index contributed by atoms with van der Waals surface area (Å²) < 4.78 is 5.54. The number of amides is 1. The third-order valence-corrected chi connectivity index (χ3v) is 4.38. The van der Waals surface area contributed by atoms with Crippen LogP contribution in [-0.4, -0.2) is 30.2 Å². The van der Waals surface area contributed by atoms with Crippen LogP contribution in [0.15, 0.2) is 30.3 Å². The maximum Gasteiger partial charge on any atom is 0.227 e. The van der Waals surface area contributed by atoms with Gasteiger partial charge in [0.25, 0.3) is 0 Å². The van der Waals surface area contributed by atoms with Crippen LogP contribution in [-0.2, 0) is 16.0 Å². The van der Waals surface area contributed by atoms with Gasteiger partial charge in [-0.3, -0.25) is 4.79 Å². The Hall–Kier alpha value is -1.35. The van der Waals surface area contributed by atoms with Crippen molar-refractivity contribution in [2.24, 2.45) is 11.8 Å². The molecule has 0 aromatic heterocycles. The zero-order chi connectivity index (χ0) is 13.9. The lowest BCUT2D eigenvalue weighted by Crippen LogP contribution is -2.41. The summed E-state index contributed by atoms with van der Waals surface area (Å²) in [6.45, 7) is 3.20. The molecule has 1 aliphatic carbocycles. The first-order valence-electron chi connectivity index (χ1n) is 7.66. The average molecular weight is 273 g/mol. The molecule has 0 N–H and O–H groups in total. The molecule has 108 valence electrons. The van der Waals surface area contributed by atoms with E-state index in [1.54, 1.807) is 0 Å². The highest BCUT2D eigenvalue weighted by Crippen LogP contribution is 2.36. The van der Waals surface area contributed by atoms with E-state index in [4.69, 9.17) is 4.74 Å². The smallest absolute Gasteiger partial charge is 0.227 e. The third-order valence-electron chi connectivity index (χ3n) is 4.38. The van der Waals surface area contributed by atoms with Gasteiger partial charge in [-0.1, -0.05) is 50.1 Å². The minimum atomic E-state index is 0.141. The van der Waals surface area contributed by atoms with Crippen LogP contribution in [0.4, 0.5) is 0 Å². The highest BCUT2D eigenvalue weighted by molar-refractivity contribution is 5.79. The molecule has 3 rings (SSSR count). The van der Waals surface area contributed by atoms with Crippen molar-refractivity contribution in [3.05, 3.63) is 35.9 Å². The molecule has 2 atom stereocenters. The standard InChI is InChI=1S/C17H23NO2/c1-13(9-15-7-8-15)17(19)18-12-20-11-16(18)10-14-5-3-2-4-6-14/h2-6,13,15-16H,7-12H2,1H3/t13?,16-/m1/s1. The first-order valence-corrected chi connectivity index (χ1v) is 7.66. The Kier molecular flexibility index (Phi) is 4.06. The van der Waals surface area contributed by atoms with E-state index in [1.165, 1.54) is 18.4 Å². The molecule has 3 heteroatoms. The molecule has 0 radical (unpaired) electrons. The lowest BCUT2D eigenvalue weighted by Gasteiger charge is -2.25. The molecule has 2 fully saturated rings. The molecule has 1 saturated heterocycles. The Labute approximate surface area is 120 Å². The van der Waals surface area contributed by atoms with Crippen molar-refractivity contribution in [2.75, 3.05) is 13.3 Å². The summed E-state index contributed by atoms with van der Waals surface area (Å²) in [4.78, 5) is 14.5. The second-order valence-corrected chi connectivity index (χ2v) is 6.23. The van der Waals surface area contributed by atoms with E-state index in [1.807, 2.05) is 23.1 Å². The van der Waals surface area contributed by atoms with Gasteiger partial charge in [0, 0.05) is 5.92 Å². The van der Waals surface area contributed by atoms with Gasteiger partial charge >= 0.3 is 0 Å². The molecule has 0 spiro atoms.